The first-order chi connectivity index (χ1) is 18.8. The first kappa shape index (κ1) is 25.7. The van der Waals surface area contributed by atoms with E-state index in [-0.39, 0.29) is 34.7 Å². The van der Waals surface area contributed by atoms with Gasteiger partial charge in [0.25, 0.3) is 17.7 Å². The Kier molecular flexibility index (Phi) is 6.85. The van der Waals surface area contributed by atoms with Gasteiger partial charge in [-0.3, -0.25) is 14.4 Å². The van der Waals surface area contributed by atoms with Crippen LogP contribution in [-0.4, -0.2) is 43.8 Å². The van der Waals surface area contributed by atoms with E-state index in [1.165, 1.54) is 0 Å². The summed E-state index contributed by atoms with van der Waals surface area (Å²) in [6.45, 7) is 2.35. The number of anilines is 1. The van der Waals surface area contributed by atoms with Crippen molar-refractivity contribution in [3.63, 3.8) is 0 Å². The van der Waals surface area contributed by atoms with Crippen LogP contribution in [0.4, 0.5) is 5.82 Å². The SMILES string of the molecule is Cc1ccc(NC(=O)c2ccc(-c3nc(C4CCCN4C(=O)C(C#N)=CC4CC4)n(N)c3C(N)=O)cc2)nc1. The predicted molar refractivity (Wildman–Crippen MR) is 143 cm³/mol. The minimum atomic E-state index is -0.777. The van der Waals surface area contributed by atoms with Gasteiger partial charge in [-0.05, 0) is 62.3 Å². The second-order valence-electron chi connectivity index (χ2n) is 9.84. The molecule has 1 saturated carbocycles. The first-order valence-electron chi connectivity index (χ1n) is 12.7. The Morgan fingerprint density at radius 2 is 1.87 bits per heavy atom. The van der Waals surface area contributed by atoms with Gasteiger partial charge in [0.15, 0.2) is 11.5 Å². The Hall–Kier alpha value is -4.98. The number of hydrogen-bond donors (Lipinski definition) is 3. The third kappa shape index (κ3) is 5.22. The summed E-state index contributed by atoms with van der Waals surface area (Å²) in [5.41, 5.74) is 7.92. The van der Waals surface area contributed by atoms with Gasteiger partial charge in [0.1, 0.15) is 23.2 Å². The highest BCUT2D eigenvalue weighted by atomic mass is 16.2. The number of nitrogens with two attached hydrogens (primary N) is 2. The van der Waals surface area contributed by atoms with Gasteiger partial charge < -0.3 is 21.8 Å². The number of nitriles is 1. The topological polar surface area (TPSA) is 173 Å². The average Bonchev–Trinajstić information content (AvgIpc) is 3.50. The van der Waals surface area contributed by atoms with Gasteiger partial charge in [-0.15, -0.1) is 0 Å². The molecule has 11 nitrogen and oxygen atoms in total. The number of carbonyl (C=O) groups excluding carboxylic acids is 3. The Bertz CT molecular complexity index is 1510. The molecule has 5 rings (SSSR count). The maximum Gasteiger partial charge on any atom is 0.269 e. The van der Waals surface area contributed by atoms with Crippen LogP contribution in [0, 0.1) is 24.2 Å². The van der Waals surface area contributed by atoms with E-state index in [0.29, 0.717) is 42.2 Å². The standard InChI is InChI=1S/C28H28N8O3/c1-16-4-11-22(32-15-16)33-27(38)19-9-7-18(8-10-19)23-24(25(30)37)36(31)26(34-23)21-3-2-12-35(21)28(39)20(14-29)13-17-5-6-17/h4,7-11,13,15,17,21H,2-3,5-6,12,31H2,1H3,(H2,30,37)(H,32,33,38). The molecule has 1 saturated heterocycles. The van der Waals surface area contributed by atoms with E-state index < -0.39 is 11.9 Å². The zero-order valence-corrected chi connectivity index (χ0v) is 21.4. The number of nitrogens with one attached hydrogen (secondary N) is 1. The lowest BCUT2D eigenvalue weighted by Crippen LogP contribution is -2.34. The molecular formula is C28H28N8O3. The molecule has 3 heterocycles. The van der Waals surface area contributed by atoms with Gasteiger partial charge in [0, 0.05) is 23.9 Å². The van der Waals surface area contributed by atoms with Gasteiger partial charge in [-0.2, -0.15) is 5.26 Å². The van der Waals surface area contributed by atoms with Gasteiger partial charge in [0.2, 0.25) is 0 Å². The van der Waals surface area contributed by atoms with E-state index in [4.69, 9.17) is 11.6 Å². The fourth-order valence-corrected chi connectivity index (χ4v) is 4.72. The van der Waals surface area contributed by atoms with Crippen LogP contribution in [0.15, 0.2) is 54.2 Å². The number of aromatic nitrogens is 3. The summed E-state index contributed by atoms with van der Waals surface area (Å²) in [6, 6.07) is 11.6. The van der Waals surface area contributed by atoms with Gasteiger partial charge in [-0.1, -0.05) is 24.3 Å². The van der Waals surface area contributed by atoms with Crippen molar-refractivity contribution in [3.05, 3.63) is 76.9 Å². The number of allylic oxidation sites excluding steroid dienone is 1. The Labute approximate surface area is 225 Å². The number of primary amides is 1. The molecule has 2 aliphatic rings. The van der Waals surface area contributed by atoms with E-state index >= 15 is 0 Å². The second-order valence-corrected chi connectivity index (χ2v) is 9.84. The summed E-state index contributed by atoms with van der Waals surface area (Å²) in [5, 5.41) is 12.3. The lowest BCUT2D eigenvalue weighted by Gasteiger charge is -2.24. The monoisotopic (exact) mass is 524 g/mol. The zero-order valence-electron chi connectivity index (χ0n) is 21.4. The van der Waals surface area contributed by atoms with E-state index in [2.05, 4.69) is 15.3 Å². The summed E-state index contributed by atoms with van der Waals surface area (Å²) < 4.78 is 1.13. The maximum atomic E-state index is 13.2. The van der Waals surface area contributed by atoms with Gasteiger partial charge in [-0.25, -0.2) is 14.6 Å². The molecule has 3 aromatic rings. The quantitative estimate of drug-likeness (QED) is 0.242. The summed E-state index contributed by atoms with van der Waals surface area (Å²) in [5.74, 6) is 5.85. The molecule has 1 aromatic carbocycles. The molecule has 0 spiro atoms. The Balaban J connectivity index is 1.42. The molecule has 2 aromatic heterocycles. The minimum absolute atomic E-state index is 0.0145. The first-order valence-corrected chi connectivity index (χ1v) is 12.7. The van der Waals surface area contributed by atoms with E-state index in [1.807, 2.05) is 19.1 Å². The van der Waals surface area contributed by atoms with Crippen LogP contribution in [0.5, 0.6) is 0 Å². The van der Waals surface area contributed by atoms with E-state index in [9.17, 15) is 19.6 Å². The van der Waals surface area contributed by atoms with Gasteiger partial charge >= 0.3 is 0 Å². The molecule has 5 N–H and O–H groups in total. The molecular weight excluding hydrogens is 496 g/mol. The molecule has 39 heavy (non-hydrogen) atoms. The summed E-state index contributed by atoms with van der Waals surface area (Å²) >= 11 is 0. The molecule has 0 radical (unpaired) electrons. The lowest BCUT2D eigenvalue weighted by molar-refractivity contribution is -0.127. The second kappa shape index (κ2) is 10.4. The number of hydrogen-bond acceptors (Lipinski definition) is 7. The largest absolute Gasteiger partial charge is 0.364 e. The highest BCUT2D eigenvalue weighted by molar-refractivity contribution is 6.04. The minimum Gasteiger partial charge on any atom is -0.364 e. The van der Waals surface area contributed by atoms with Crippen LogP contribution in [0.1, 0.15) is 64.0 Å². The number of carbonyl (C=O) groups is 3. The summed E-state index contributed by atoms with van der Waals surface area (Å²) in [4.78, 5) is 48.7. The molecule has 3 amide bonds. The predicted octanol–water partition coefficient (Wildman–Crippen LogP) is 2.84. The molecule has 0 bridgehead atoms. The Morgan fingerprint density at radius 1 is 1.13 bits per heavy atom. The third-order valence-corrected chi connectivity index (χ3v) is 6.93. The van der Waals surface area contributed by atoms with Crippen molar-refractivity contribution in [1.82, 2.24) is 19.5 Å². The average molecular weight is 525 g/mol. The van der Waals surface area contributed by atoms with Crippen molar-refractivity contribution < 1.29 is 14.4 Å². The number of rotatable bonds is 7. The van der Waals surface area contributed by atoms with Crippen LogP contribution in [-0.2, 0) is 4.79 Å². The van der Waals surface area contributed by atoms with Crippen molar-refractivity contribution >= 4 is 23.5 Å². The smallest absolute Gasteiger partial charge is 0.269 e. The van der Waals surface area contributed by atoms with Crippen LogP contribution in [0.2, 0.25) is 0 Å². The third-order valence-electron chi connectivity index (χ3n) is 6.93. The summed E-state index contributed by atoms with van der Waals surface area (Å²) in [7, 11) is 0. The normalized spacial score (nSPS) is 17.1. The highest BCUT2D eigenvalue weighted by Crippen LogP contribution is 2.36. The van der Waals surface area contributed by atoms with Crippen molar-refractivity contribution in [2.45, 2.75) is 38.6 Å². The number of amides is 3. The number of nitrogen functional groups attached to an aromatic ring is 1. The fraction of sp³-hybridized carbons (Fsp3) is 0.286. The zero-order chi connectivity index (χ0) is 27.7. The number of benzene rings is 1. The van der Waals surface area contributed by atoms with Crippen LogP contribution in [0.3, 0.4) is 0 Å². The number of nitrogens with zero attached hydrogens (tertiary/aromatic N) is 5. The van der Waals surface area contributed by atoms with Gasteiger partial charge in [0.05, 0.1) is 6.04 Å². The highest BCUT2D eigenvalue weighted by Gasteiger charge is 2.37. The van der Waals surface area contributed by atoms with Crippen molar-refractivity contribution in [2.75, 3.05) is 17.7 Å². The van der Waals surface area contributed by atoms with Crippen molar-refractivity contribution in [2.24, 2.45) is 11.7 Å². The van der Waals surface area contributed by atoms with Crippen LogP contribution < -0.4 is 16.9 Å². The molecule has 1 aliphatic carbocycles. The van der Waals surface area contributed by atoms with Crippen molar-refractivity contribution in [3.8, 4) is 17.3 Å². The van der Waals surface area contributed by atoms with Crippen molar-refractivity contribution in [1.29, 1.82) is 5.26 Å². The Morgan fingerprint density at radius 3 is 2.49 bits per heavy atom. The van der Waals surface area contributed by atoms with E-state index in [1.54, 1.807) is 47.5 Å². The summed E-state index contributed by atoms with van der Waals surface area (Å²) in [6.07, 6.45) is 6.62. The number of aryl methyl sites for hydroxylation is 1. The molecule has 1 unspecified atom stereocenters. The number of pyridine rings is 1. The molecule has 2 fully saturated rings. The fourth-order valence-electron chi connectivity index (χ4n) is 4.72. The van der Waals surface area contributed by atoms with Crippen LogP contribution >= 0.6 is 0 Å². The molecule has 11 heteroatoms. The van der Waals surface area contributed by atoms with E-state index in [0.717, 1.165) is 23.1 Å². The number of imidazole rings is 1. The lowest BCUT2D eigenvalue weighted by atomic mass is 10.1. The maximum absolute atomic E-state index is 13.2. The van der Waals surface area contributed by atoms with Crippen LogP contribution in [0.25, 0.3) is 11.3 Å². The number of likely N-dealkylation sites (tertiary alicyclic amines) is 1. The molecule has 1 aliphatic heterocycles. The molecule has 198 valence electrons. The molecule has 1 atom stereocenters.